The second kappa shape index (κ2) is 4.32. The molecule has 2 N–H and O–H groups in total. The van der Waals surface area contributed by atoms with E-state index in [1.807, 2.05) is 0 Å². The Morgan fingerprint density at radius 2 is 1.50 bits per heavy atom. The molecule has 0 aliphatic rings. The van der Waals surface area contributed by atoms with Crippen molar-refractivity contribution < 1.29 is 36.8 Å². The third-order valence-corrected chi connectivity index (χ3v) is 1.73. The fraction of sp³-hybridized carbons (Fsp3) is 0.143. The molecule has 5 nitrogen and oxygen atoms in total. The minimum atomic E-state index is -4.81. The van der Waals surface area contributed by atoms with Crippen LogP contribution in [-0.4, -0.2) is 16.1 Å². The second-order valence-corrected chi connectivity index (χ2v) is 3.76. The monoisotopic (exact) mass is 258 g/mol. The minimum absolute atomic E-state index is 0.261. The summed E-state index contributed by atoms with van der Waals surface area (Å²) < 4.78 is 53.2. The Balaban J connectivity index is 2.72. The average Bonchev–Trinajstić information content (AvgIpc) is 2.03. The zero-order chi connectivity index (χ0) is 12.4. The van der Waals surface area contributed by atoms with Crippen molar-refractivity contribution in [2.75, 3.05) is 0 Å². The van der Waals surface area contributed by atoms with Gasteiger partial charge in [0.05, 0.1) is 0 Å². The first-order chi connectivity index (χ1) is 7.16. The molecule has 16 heavy (non-hydrogen) atoms. The quantitative estimate of drug-likeness (QED) is 0.811. The highest BCUT2D eigenvalue weighted by Gasteiger charge is 2.31. The second-order valence-electron chi connectivity index (χ2n) is 2.60. The normalized spacial score (nSPS) is 12.3. The summed E-state index contributed by atoms with van der Waals surface area (Å²) in [6.45, 7) is 0. The predicted octanol–water partition coefficient (Wildman–Crippen LogP) is 2.06. The number of benzene rings is 1. The van der Waals surface area contributed by atoms with E-state index in [1.165, 1.54) is 0 Å². The lowest BCUT2D eigenvalue weighted by molar-refractivity contribution is -0.274. The maximum absolute atomic E-state index is 11.7. The summed E-state index contributed by atoms with van der Waals surface area (Å²) in [5, 5.41) is 0. The molecule has 0 unspecified atom stereocenters. The van der Waals surface area contributed by atoms with Gasteiger partial charge in [0.25, 0.3) is 0 Å². The van der Waals surface area contributed by atoms with Gasteiger partial charge in [-0.3, -0.25) is 9.79 Å². The van der Waals surface area contributed by atoms with Crippen LogP contribution >= 0.6 is 7.82 Å². The maximum atomic E-state index is 11.7. The van der Waals surface area contributed by atoms with E-state index in [0.717, 1.165) is 24.3 Å². The van der Waals surface area contributed by atoms with Gasteiger partial charge in [0.1, 0.15) is 11.5 Å². The fourth-order valence-electron chi connectivity index (χ4n) is 0.839. The summed E-state index contributed by atoms with van der Waals surface area (Å²) in [5.41, 5.74) is 0. The molecule has 0 aliphatic heterocycles. The van der Waals surface area contributed by atoms with Crippen LogP contribution in [0.25, 0.3) is 0 Å². The molecular weight excluding hydrogens is 252 g/mol. The average molecular weight is 258 g/mol. The zero-order valence-corrected chi connectivity index (χ0v) is 8.40. The highest BCUT2D eigenvalue weighted by atomic mass is 31.2. The number of phosphoric acid groups is 1. The molecule has 0 amide bonds. The first kappa shape index (κ1) is 12.8. The van der Waals surface area contributed by atoms with Crippen LogP contribution in [0.4, 0.5) is 13.2 Å². The van der Waals surface area contributed by atoms with Crippen LogP contribution in [0.2, 0.25) is 0 Å². The van der Waals surface area contributed by atoms with Gasteiger partial charge in [-0.25, -0.2) is 4.57 Å². The Bertz CT molecular complexity index is 395. The van der Waals surface area contributed by atoms with E-state index in [0.29, 0.717) is 0 Å². The minimum Gasteiger partial charge on any atom is -0.406 e. The fourth-order valence-corrected chi connectivity index (χ4v) is 1.24. The lowest BCUT2D eigenvalue weighted by atomic mass is 10.3. The van der Waals surface area contributed by atoms with Gasteiger partial charge >= 0.3 is 14.2 Å². The molecule has 1 aromatic rings. The van der Waals surface area contributed by atoms with Crippen molar-refractivity contribution in [3.63, 3.8) is 0 Å². The molecule has 90 valence electrons. The molecule has 1 aromatic carbocycles. The Morgan fingerprint density at radius 1 is 1.06 bits per heavy atom. The van der Waals surface area contributed by atoms with E-state index in [1.54, 1.807) is 0 Å². The van der Waals surface area contributed by atoms with E-state index < -0.39 is 19.9 Å². The van der Waals surface area contributed by atoms with Crippen molar-refractivity contribution in [3.05, 3.63) is 24.3 Å². The van der Waals surface area contributed by atoms with Crippen molar-refractivity contribution in [1.82, 2.24) is 0 Å². The van der Waals surface area contributed by atoms with Crippen molar-refractivity contribution in [1.29, 1.82) is 0 Å². The highest BCUT2D eigenvalue weighted by Crippen LogP contribution is 2.38. The van der Waals surface area contributed by atoms with Gasteiger partial charge in [0.15, 0.2) is 0 Å². The van der Waals surface area contributed by atoms with Crippen LogP contribution in [-0.2, 0) is 4.57 Å². The van der Waals surface area contributed by atoms with Gasteiger partial charge in [-0.05, 0) is 24.3 Å². The Kier molecular flexibility index (Phi) is 3.47. The third-order valence-electron chi connectivity index (χ3n) is 1.28. The molecule has 0 aliphatic carbocycles. The van der Waals surface area contributed by atoms with E-state index in [9.17, 15) is 17.7 Å². The standard InChI is InChI=1S/C7H6F3O5P/c8-7(9,10)14-5-1-3-6(4-2-5)15-16(11,12)13/h1-4H,(H2,11,12,13). The van der Waals surface area contributed by atoms with Gasteiger partial charge in [0.2, 0.25) is 0 Å². The van der Waals surface area contributed by atoms with Gasteiger partial charge in [-0.1, -0.05) is 0 Å². The molecule has 0 fully saturated rings. The van der Waals surface area contributed by atoms with Crippen LogP contribution in [0.1, 0.15) is 0 Å². The zero-order valence-electron chi connectivity index (χ0n) is 7.51. The molecular formula is C7H6F3O5P. The van der Waals surface area contributed by atoms with Crippen molar-refractivity contribution in [2.24, 2.45) is 0 Å². The molecule has 0 radical (unpaired) electrons. The van der Waals surface area contributed by atoms with Crippen molar-refractivity contribution >= 4 is 7.82 Å². The number of hydrogen-bond acceptors (Lipinski definition) is 3. The van der Waals surface area contributed by atoms with E-state index in [4.69, 9.17) is 9.79 Å². The van der Waals surface area contributed by atoms with Crippen LogP contribution in [0.5, 0.6) is 11.5 Å². The lowest BCUT2D eigenvalue weighted by Crippen LogP contribution is -2.16. The van der Waals surface area contributed by atoms with Crippen molar-refractivity contribution in [3.8, 4) is 11.5 Å². The Hall–Kier alpha value is -1.24. The molecule has 0 saturated heterocycles. The number of halogens is 3. The Labute approximate surface area is 87.7 Å². The topological polar surface area (TPSA) is 76.0 Å². The summed E-state index contributed by atoms with van der Waals surface area (Å²) in [6, 6.07) is 3.64. The van der Waals surface area contributed by atoms with Crippen LogP contribution in [0.3, 0.4) is 0 Å². The van der Waals surface area contributed by atoms with E-state index in [-0.39, 0.29) is 5.75 Å². The first-order valence-corrected chi connectivity index (χ1v) is 5.30. The molecule has 1 rings (SSSR count). The molecule has 0 spiro atoms. The maximum Gasteiger partial charge on any atom is 0.573 e. The van der Waals surface area contributed by atoms with Gasteiger partial charge < -0.3 is 9.26 Å². The van der Waals surface area contributed by atoms with E-state index >= 15 is 0 Å². The number of phosphoric ester groups is 1. The number of alkyl halides is 3. The molecule has 0 aromatic heterocycles. The summed E-state index contributed by atoms with van der Waals surface area (Å²) >= 11 is 0. The number of ether oxygens (including phenoxy) is 1. The van der Waals surface area contributed by atoms with Gasteiger partial charge in [0, 0.05) is 0 Å². The summed E-state index contributed by atoms with van der Waals surface area (Å²) in [5.74, 6) is -0.770. The molecule has 0 heterocycles. The first-order valence-electron chi connectivity index (χ1n) is 3.77. The van der Waals surface area contributed by atoms with E-state index in [2.05, 4.69) is 9.26 Å². The highest BCUT2D eigenvalue weighted by molar-refractivity contribution is 7.46. The van der Waals surface area contributed by atoms with Gasteiger partial charge in [-0.15, -0.1) is 13.2 Å². The molecule has 0 atom stereocenters. The largest absolute Gasteiger partial charge is 0.573 e. The summed E-state index contributed by atoms with van der Waals surface area (Å²) in [7, 11) is -4.71. The SMILES string of the molecule is O=P(O)(O)Oc1ccc(OC(F)(F)F)cc1. The predicted molar refractivity (Wildman–Crippen MR) is 45.8 cm³/mol. The third kappa shape index (κ3) is 5.01. The number of rotatable bonds is 3. The van der Waals surface area contributed by atoms with Crippen LogP contribution in [0, 0.1) is 0 Å². The molecule has 9 heteroatoms. The van der Waals surface area contributed by atoms with Crippen LogP contribution < -0.4 is 9.26 Å². The lowest BCUT2D eigenvalue weighted by Gasteiger charge is -2.10. The summed E-state index contributed by atoms with van der Waals surface area (Å²) in [4.78, 5) is 16.8. The Morgan fingerprint density at radius 3 is 1.88 bits per heavy atom. The molecule has 0 saturated carbocycles. The van der Waals surface area contributed by atoms with Gasteiger partial charge in [-0.2, -0.15) is 0 Å². The summed E-state index contributed by atoms with van der Waals surface area (Å²) in [6.07, 6.45) is -4.81. The van der Waals surface area contributed by atoms with Crippen molar-refractivity contribution in [2.45, 2.75) is 6.36 Å². The van der Waals surface area contributed by atoms with Crippen LogP contribution in [0.15, 0.2) is 24.3 Å². The smallest absolute Gasteiger partial charge is 0.406 e. The number of hydrogen-bond donors (Lipinski definition) is 2. The molecule has 0 bridgehead atoms.